The summed E-state index contributed by atoms with van der Waals surface area (Å²) in [5.74, 6) is -0.621. The maximum atomic E-state index is 11.8. The molecular weight excluding hydrogens is 247 g/mol. The predicted molar refractivity (Wildman–Crippen MR) is 51.2 cm³/mol. The summed E-state index contributed by atoms with van der Waals surface area (Å²) in [6, 6.07) is 3.71. The molecule has 0 saturated carbocycles. The van der Waals surface area contributed by atoms with Gasteiger partial charge in [0.2, 0.25) is 5.88 Å². The Bertz CT molecular complexity index is 402. The van der Waals surface area contributed by atoms with E-state index < -0.39 is 21.5 Å². The van der Waals surface area contributed by atoms with Gasteiger partial charge in [-0.15, -0.1) is 0 Å². The Morgan fingerprint density at radius 3 is 2.19 bits per heavy atom. The first-order valence-electron chi connectivity index (χ1n) is 4.25. The van der Waals surface area contributed by atoms with Crippen molar-refractivity contribution in [1.82, 2.24) is 4.98 Å². The molecule has 4 nitrogen and oxygen atoms in total. The first-order valence-corrected chi connectivity index (χ1v) is 5.65. The van der Waals surface area contributed by atoms with Crippen LogP contribution >= 0.6 is 0 Å². The molecule has 0 aliphatic carbocycles. The minimum Gasteiger partial charge on any atom is -0.355 e. The molecule has 0 saturated heterocycles. The molecule has 1 aromatic heterocycles. The highest BCUT2D eigenvalue weighted by molar-refractivity contribution is 7.87. The number of aromatic nitrogens is 1. The fourth-order valence-electron chi connectivity index (χ4n) is 0.556. The zero-order chi connectivity index (χ0) is 12.8. The molecule has 0 aliphatic heterocycles. The molecule has 0 atom stereocenters. The van der Waals surface area contributed by atoms with Gasteiger partial charge in [0.25, 0.3) is 0 Å². The van der Waals surface area contributed by atoms with Crippen LogP contribution in [0.5, 0.6) is 5.88 Å². The van der Waals surface area contributed by atoms with E-state index in [1.807, 2.05) is 13.8 Å². The van der Waals surface area contributed by atoms with E-state index in [2.05, 4.69) is 9.17 Å². The van der Waals surface area contributed by atoms with Gasteiger partial charge in [0, 0.05) is 12.3 Å². The van der Waals surface area contributed by atoms with Crippen LogP contribution in [0.15, 0.2) is 24.4 Å². The Hall–Kier alpha value is -1.31. The first kappa shape index (κ1) is 14.7. The van der Waals surface area contributed by atoms with Crippen molar-refractivity contribution in [3.05, 3.63) is 24.4 Å². The molecule has 1 rings (SSSR count). The largest absolute Gasteiger partial charge is 0.534 e. The second kappa shape index (κ2) is 5.69. The van der Waals surface area contributed by atoms with Crippen molar-refractivity contribution in [3.8, 4) is 5.88 Å². The molecule has 0 radical (unpaired) electrons. The minimum atomic E-state index is -5.61. The maximum absolute atomic E-state index is 11.8. The normalized spacial score (nSPS) is 11.3. The average Bonchev–Trinajstić information content (AvgIpc) is 2.20. The number of hydrogen-bond acceptors (Lipinski definition) is 4. The Labute approximate surface area is 91.2 Å². The van der Waals surface area contributed by atoms with Crippen molar-refractivity contribution >= 4 is 10.1 Å². The van der Waals surface area contributed by atoms with E-state index in [0.717, 1.165) is 12.3 Å². The summed E-state index contributed by atoms with van der Waals surface area (Å²) in [4.78, 5) is 3.28. The highest BCUT2D eigenvalue weighted by atomic mass is 32.2. The Balaban J connectivity index is 0.00000106. The fourth-order valence-corrected chi connectivity index (χ4v) is 0.974. The number of nitrogens with zero attached hydrogens (tertiary/aromatic N) is 1. The number of alkyl halides is 3. The summed E-state index contributed by atoms with van der Waals surface area (Å²) in [6.45, 7) is 4.00. The molecule has 0 fully saturated rings. The van der Waals surface area contributed by atoms with Crippen molar-refractivity contribution < 1.29 is 25.8 Å². The third kappa shape index (κ3) is 4.05. The third-order valence-corrected chi connectivity index (χ3v) is 2.07. The highest BCUT2D eigenvalue weighted by Crippen LogP contribution is 2.25. The molecule has 0 aliphatic rings. The zero-order valence-electron chi connectivity index (χ0n) is 8.52. The fraction of sp³-hybridized carbons (Fsp3) is 0.375. The van der Waals surface area contributed by atoms with E-state index in [9.17, 15) is 21.6 Å². The van der Waals surface area contributed by atoms with Gasteiger partial charge in [0.15, 0.2) is 0 Å². The molecule has 0 spiro atoms. The van der Waals surface area contributed by atoms with Crippen molar-refractivity contribution in [3.63, 3.8) is 0 Å². The molecule has 0 bridgehead atoms. The van der Waals surface area contributed by atoms with E-state index in [1.165, 1.54) is 12.1 Å². The van der Waals surface area contributed by atoms with Crippen LogP contribution in [0.3, 0.4) is 0 Å². The number of halogens is 3. The van der Waals surface area contributed by atoms with Crippen LogP contribution in [-0.2, 0) is 10.1 Å². The molecule has 8 heteroatoms. The highest BCUT2D eigenvalue weighted by Gasteiger charge is 2.48. The Morgan fingerprint density at radius 1 is 1.25 bits per heavy atom. The SMILES string of the molecule is CC.O=S(=O)(Oc1ccccn1)C(F)(F)F. The van der Waals surface area contributed by atoms with Crippen molar-refractivity contribution in [2.45, 2.75) is 19.4 Å². The smallest absolute Gasteiger partial charge is 0.355 e. The van der Waals surface area contributed by atoms with E-state index in [1.54, 1.807) is 0 Å². The second-order valence-electron chi connectivity index (χ2n) is 2.15. The monoisotopic (exact) mass is 257 g/mol. The summed E-state index contributed by atoms with van der Waals surface area (Å²) in [6.07, 6.45) is 1.11. The van der Waals surface area contributed by atoms with E-state index >= 15 is 0 Å². The molecule has 1 aromatic rings. The van der Waals surface area contributed by atoms with Crippen LogP contribution in [0.4, 0.5) is 13.2 Å². The lowest BCUT2D eigenvalue weighted by molar-refractivity contribution is -0.0501. The van der Waals surface area contributed by atoms with Gasteiger partial charge in [-0.1, -0.05) is 19.9 Å². The molecule has 0 aromatic carbocycles. The van der Waals surface area contributed by atoms with E-state index in [4.69, 9.17) is 0 Å². The maximum Gasteiger partial charge on any atom is 0.534 e. The van der Waals surface area contributed by atoms with Crippen LogP contribution in [-0.4, -0.2) is 18.9 Å². The van der Waals surface area contributed by atoms with Gasteiger partial charge in [-0.05, 0) is 6.07 Å². The van der Waals surface area contributed by atoms with Crippen LogP contribution in [0.2, 0.25) is 0 Å². The number of pyridine rings is 1. The summed E-state index contributed by atoms with van der Waals surface area (Å²) >= 11 is 0. The van der Waals surface area contributed by atoms with Crippen LogP contribution in [0.1, 0.15) is 13.8 Å². The van der Waals surface area contributed by atoms with Gasteiger partial charge < -0.3 is 4.18 Å². The van der Waals surface area contributed by atoms with Gasteiger partial charge in [0.05, 0.1) is 0 Å². The van der Waals surface area contributed by atoms with Gasteiger partial charge in [0.1, 0.15) is 0 Å². The Kier molecular flexibility index (Phi) is 5.22. The molecule has 16 heavy (non-hydrogen) atoms. The third-order valence-electron chi connectivity index (χ3n) is 1.12. The standard InChI is InChI=1S/C6H4F3NO3S.C2H6/c7-6(8,9)14(11,12)13-5-3-1-2-4-10-5;1-2/h1-4H;1-2H3. The molecular formula is C8H10F3NO3S. The lowest BCUT2D eigenvalue weighted by Gasteiger charge is -2.07. The lowest BCUT2D eigenvalue weighted by atomic mass is 10.5. The topological polar surface area (TPSA) is 56.3 Å². The number of rotatable bonds is 2. The quantitative estimate of drug-likeness (QED) is 0.602. The second-order valence-corrected chi connectivity index (χ2v) is 3.69. The molecule has 0 N–H and O–H groups in total. The van der Waals surface area contributed by atoms with Crippen molar-refractivity contribution in [2.24, 2.45) is 0 Å². The molecule has 0 amide bonds. The van der Waals surface area contributed by atoms with Gasteiger partial charge in [-0.25, -0.2) is 4.98 Å². The predicted octanol–water partition coefficient (Wildman–Crippen LogP) is 2.34. The van der Waals surface area contributed by atoms with E-state index in [-0.39, 0.29) is 0 Å². The van der Waals surface area contributed by atoms with Crippen LogP contribution in [0, 0.1) is 0 Å². The van der Waals surface area contributed by atoms with E-state index in [0.29, 0.717) is 0 Å². The summed E-state index contributed by atoms with van der Waals surface area (Å²) in [7, 11) is -5.61. The molecule has 1 heterocycles. The molecule has 0 unspecified atom stereocenters. The lowest BCUT2D eigenvalue weighted by Crippen LogP contribution is -2.28. The minimum absolute atomic E-state index is 0.621. The Morgan fingerprint density at radius 2 is 1.81 bits per heavy atom. The summed E-state index contributed by atoms with van der Waals surface area (Å²) in [5, 5.41) is 0. The summed E-state index contributed by atoms with van der Waals surface area (Å²) < 4.78 is 59.9. The average molecular weight is 257 g/mol. The summed E-state index contributed by atoms with van der Waals surface area (Å²) in [5.41, 5.74) is -5.44. The molecule has 92 valence electrons. The zero-order valence-corrected chi connectivity index (χ0v) is 9.34. The van der Waals surface area contributed by atoms with Gasteiger partial charge >= 0.3 is 15.6 Å². The number of hydrogen-bond donors (Lipinski definition) is 0. The van der Waals surface area contributed by atoms with Crippen molar-refractivity contribution in [1.29, 1.82) is 0 Å². The van der Waals surface area contributed by atoms with Crippen LogP contribution in [0.25, 0.3) is 0 Å². The van der Waals surface area contributed by atoms with Gasteiger partial charge in [-0.3, -0.25) is 0 Å². The van der Waals surface area contributed by atoms with Gasteiger partial charge in [-0.2, -0.15) is 21.6 Å². The van der Waals surface area contributed by atoms with Crippen LogP contribution < -0.4 is 4.18 Å². The first-order chi connectivity index (χ1) is 7.33. The van der Waals surface area contributed by atoms with Crippen molar-refractivity contribution in [2.75, 3.05) is 0 Å².